The van der Waals surface area contributed by atoms with Gasteiger partial charge in [0.2, 0.25) is 0 Å². The van der Waals surface area contributed by atoms with Crippen LogP contribution >= 0.6 is 35.0 Å². The Kier molecular flexibility index (Phi) is 6.74. The number of nitrogens with one attached hydrogen (secondary N) is 1. The number of anilines is 1. The summed E-state index contributed by atoms with van der Waals surface area (Å²) in [4.78, 5) is 22.0. The van der Waals surface area contributed by atoms with Gasteiger partial charge in [-0.25, -0.2) is 14.6 Å². The van der Waals surface area contributed by atoms with Crippen LogP contribution in [0.2, 0.25) is 10.0 Å². The molecule has 162 valence electrons. The number of carbonyl (C=O) groups excluding carboxylic acids is 1. The molecule has 4 aromatic rings. The lowest BCUT2D eigenvalue weighted by molar-refractivity contribution is 0.102. The number of aromatic nitrogens is 5. The fourth-order valence-corrected chi connectivity index (χ4v) is 4.21. The van der Waals surface area contributed by atoms with Gasteiger partial charge >= 0.3 is 0 Å². The van der Waals surface area contributed by atoms with Crippen molar-refractivity contribution in [2.24, 2.45) is 0 Å². The maximum Gasteiger partial charge on any atom is 0.278 e. The Morgan fingerprint density at radius 1 is 0.969 bits per heavy atom. The summed E-state index contributed by atoms with van der Waals surface area (Å²) >= 11 is 13.4. The zero-order valence-electron chi connectivity index (χ0n) is 17.2. The first-order valence-electron chi connectivity index (χ1n) is 9.61. The van der Waals surface area contributed by atoms with Gasteiger partial charge < -0.3 is 5.32 Å². The van der Waals surface area contributed by atoms with E-state index in [2.05, 4.69) is 25.6 Å². The number of amides is 1. The number of benzene rings is 2. The number of nitrogens with zero attached hydrogens (tertiary/aromatic N) is 5. The Labute approximate surface area is 199 Å². The van der Waals surface area contributed by atoms with Crippen molar-refractivity contribution in [3.05, 3.63) is 87.4 Å². The van der Waals surface area contributed by atoms with Crippen LogP contribution in [0.15, 0.2) is 59.8 Å². The molecule has 0 saturated heterocycles. The molecule has 0 unspecified atom stereocenters. The first kappa shape index (κ1) is 22.3. The Balaban J connectivity index is 1.66. The predicted molar refractivity (Wildman–Crippen MR) is 127 cm³/mol. The number of hydrogen-bond donors (Lipinski definition) is 1. The maximum absolute atomic E-state index is 13.0. The van der Waals surface area contributed by atoms with E-state index in [9.17, 15) is 4.79 Å². The third kappa shape index (κ3) is 5.27. The van der Waals surface area contributed by atoms with Crippen molar-refractivity contribution >= 4 is 46.6 Å². The highest BCUT2D eigenvalue weighted by Crippen LogP contribution is 2.25. The molecular formula is C22H18Cl2N6OS. The molecule has 4 rings (SSSR count). The van der Waals surface area contributed by atoms with Gasteiger partial charge in [-0.3, -0.25) is 4.79 Å². The molecule has 0 aliphatic carbocycles. The largest absolute Gasteiger partial charge is 0.321 e. The first-order chi connectivity index (χ1) is 15.4. The molecule has 0 atom stereocenters. The van der Waals surface area contributed by atoms with Crippen LogP contribution in [0.25, 0.3) is 5.69 Å². The molecule has 2 heterocycles. The summed E-state index contributed by atoms with van der Waals surface area (Å²) in [6.45, 7) is 3.84. The van der Waals surface area contributed by atoms with Crippen molar-refractivity contribution in [1.82, 2.24) is 25.0 Å². The van der Waals surface area contributed by atoms with Gasteiger partial charge in [-0.1, -0.05) is 40.2 Å². The highest BCUT2D eigenvalue weighted by atomic mass is 35.5. The van der Waals surface area contributed by atoms with E-state index >= 15 is 0 Å². The lowest BCUT2D eigenvalue weighted by Gasteiger charge is -2.09. The van der Waals surface area contributed by atoms with Crippen molar-refractivity contribution in [2.45, 2.75) is 24.8 Å². The van der Waals surface area contributed by atoms with E-state index in [-0.39, 0.29) is 11.6 Å². The van der Waals surface area contributed by atoms with E-state index in [0.29, 0.717) is 32.3 Å². The average molecular weight is 485 g/mol. The fourth-order valence-electron chi connectivity index (χ4n) is 3.01. The second kappa shape index (κ2) is 9.68. The van der Waals surface area contributed by atoms with Gasteiger partial charge in [0.1, 0.15) is 0 Å². The van der Waals surface area contributed by atoms with Crippen molar-refractivity contribution in [3.8, 4) is 5.69 Å². The van der Waals surface area contributed by atoms with Gasteiger partial charge in [0.05, 0.1) is 11.4 Å². The number of aryl methyl sites for hydroxylation is 2. The Bertz CT molecular complexity index is 1240. The molecule has 1 amide bonds. The van der Waals surface area contributed by atoms with Gasteiger partial charge in [-0.15, -0.1) is 5.10 Å². The zero-order chi connectivity index (χ0) is 22.7. The summed E-state index contributed by atoms with van der Waals surface area (Å²) in [5.74, 6) is 0.0199. The third-order valence-electron chi connectivity index (χ3n) is 4.45. The summed E-state index contributed by atoms with van der Waals surface area (Å²) in [5.41, 5.74) is 3.94. The summed E-state index contributed by atoms with van der Waals surface area (Å²) < 4.78 is 1.63. The van der Waals surface area contributed by atoms with Crippen LogP contribution < -0.4 is 5.32 Å². The molecule has 0 bridgehead atoms. The molecule has 0 aliphatic heterocycles. The van der Waals surface area contributed by atoms with Gasteiger partial charge in [0.15, 0.2) is 10.9 Å². The smallest absolute Gasteiger partial charge is 0.278 e. The highest BCUT2D eigenvalue weighted by molar-refractivity contribution is 7.98. The van der Waals surface area contributed by atoms with E-state index in [1.807, 2.05) is 32.0 Å². The lowest BCUT2D eigenvalue weighted by atomic mass is 10.2. The Hall–Kier alpha value is -2.94. The second-order valence-corrected chi connectivity index (χ2v) is 8.77. The molecule has 0 spiro atoms. The van der Waals surface area contributed by atoms with E-state index in [1.54, 1.807) is 41.1 Å². The average Bonchev–Trinajstić information content (AvgIpc) is 3.18. The topological polar surface area (TPSA) is 85.6 Å². The normalized spacial score (nSPS) is 10.9. The van der Waals surface area contributed by atoms with Crippen LogP contribution in [0.5, 0.6) is 0 Å². The number of carbonyl (C=O) groups is 1. The molecule has 0 aliphatic rings. The molecule has 0 radical (unpaired) electrons. The molecule has 7 nitrogen and oxygen atoms in total. The first-order valence-corrected chi connectivity index (χ1v) is 11.4. The van der Waals surface area contributed by atoms with Gasteiger partial charge in [0.25, 0.3) is 5.91 Å². The van der Waals surface area contributed by atoms with E-state index in [4.69, 9.17) is 23.2 Å². The zero-order valence-corrected chi connectivity index (χ0v) is 19.5. The minimum atomic E-state index is -0.371. The highest BCUT2D eigenvalue weighted by Gasteiger charge is 2.21. The van der Waals surface area contributed by atoms with Crippen LogP contribution in [0.4, 0.5) is 5.69 Å². The quantitative estimate of drug-likeness (QED) is 0.286. The molecular weight excluding hydrogens is 467 g/mol. The lowest BCUT2D eigenvalue weighted by Crippen LogP contribution is -2.15. The van der Waals surface area contributed by atoms with E-state index < -0.39 is 0 Å². The van der Waals surface area contributed by atoms with Crippen molar-refractivity contribution in [2.75, 3.05) is 5.32 Å². The summed E-state index contributed by atoms with van der Waals surface area (Å²) in [6, 6.07) is 15.9. The van der Waals surface area contributed by atoms with Gasteiger partial charge in [0, 0.05) is 32.9 Å². The number of hydrogen-bond acceptors (Lipinski definition) is 6. The summed E-state index contributed by atoms with van der Waals surface area (Å²) in [6.07, 6.45) is 0. The van der Waals surface area contributed by atoms with E-state index in [1.165, 1.54) is 11.8 Å². The monoisotopic (exact) mass is 484 g/mol. The number of thioether (sulfide) groups is 1. The van der Waals surface area contributed by atoms with Crippen LogP contribution in [0.1, 0.15) is 27.6 Å². The van der Waals surface area contributed by atoms with Crippen LogP contribution in [0, 0.1) is 13.8 Å². The minimum Gasteiger partial charge on any atom is -0.321 e. The molecule has 2 aromatic carbocycles. The summed E-state index contributed by atoms with van der Waals surface area (Å²) in [7, 11) is 0. The Morgan fingerprint density at radius 3 is 2.19 bits per heavy atom. The van der Waals surface area contributed by atoms with Gasteiger partial charge in [-0.2, -0.15) is 0 Å². The van der Waals surface area contributed by atoms with Gasteiger partial charge in [-0.05, 0) is 68.4 Å². The molecule has 0 saturated carbocycles. The van der Waals surface area contributed by atoms with E-state index in [0.717, 1.165) is 17.1 Å². The fraction of sp³-hybridized carbons (Fsp3) is 0.136. The van der Waals surface area contributed by atoms with Crippen molar-refractivity contribution in [1.29, 1.82) is 0 Å². The van der Waals surface area contributed by atoms with Crippen LogP contribution in [-0.4, -0.2) is 30.9 Å². The van der Waals surface area contributed by atoms with Crippen molar-refractivity contribution in [3.63, 3.8) is 0 Å². The maximum atomic E-state index is 13.0. The SMILES string of the molecule is Cc1cc(C)nc(SCc2c(C(=O)Nc3ccc(Cl)cc3)nnn2-c2ccc(Cl)cc2)n1. The molecule has 1 N–H and O–H groups in total. The van der Waals surface area contributed by atoms with Crippen molar-refractivity contribution < 1.29 is 4.79 Å². The predicted octanol–water partition coefficient (Wildman–Crippen LogP) is 5.53. The van der Waals surface area contributed by atoms with Crippen LogP contribution in [0.3, 0.4) is 0 Å². The number of rotatable bonds is 6. The van der Waals surface area contributed by atoms with Crippen LogP contribution in [-0.2, 0) is 5.75 Å². The summed E-state index contributed by atoms with van der Waals surface area (Å²) in [5, 5.41) is 13.0. The number of halogens is 2. The molecule has 10 heteroatoms. The third-order valence-corrected chi connectivity index (χ3v) is 5.81. The Morgan fingerprint density at radius 2 is 1.56 bits per heavy atom. The second-order valence-electron chi connectivity index (χ2n) is 6.96. The molecule has 0 fully saturated rings. The standard InChI is InChI=1S/C22H18Cl2N6OS/c1-13-11-14(2)26-22(25-13)32-12-19-20(21(31)27-17-7-3-15(23)4-8-17)28-29-30(19)18-9-5-16(24)6-10-18/h3-11H,12H2,1-2H3,(H,27,31). The molecule has 2 aromatic heterocycles. The molecule has 32 heavy (non-hydrogen) atoms. The minimum absolute atomic E-state index is 0.215.